The molecule has 0 fully saturated rings. The van der Waals surface area contributed by atoms with E-state index in [2.05, 4.69) is 10.3 Å². The molecule has 4 nitrogen and oxygen atoms in total. The van der Waals surface area contributed by atoms with Gasteiger partial charge in [0.1, 0.15) is 0 Å². The fourth-order valence-corrected chi connectivity index (χ4v) is 2.33. The molecule has 92 valence electrons. The Morgan fingerprint density at radius 1 is 1.22 bits per heavy atom. The highest BCUT2D eigenvalue weighted by atomic mass is 16.3. The minimum Gasteiger partial charge on any atom is -0.389 e. The van der Waals surface area contributed by atoms with E-state index in [1.165, 1.54) is 0 Å². The summed E-state index contributed by atoms with van der Waals surface area (Å²) in [6, 6.07) is 9.93. The fourth-order valence-electron chi connectivity index (χ4n) is 2.33. The summed E-state index contributed by atoms with van der Waals surface area (Å²) in [6.07, 6.45) is 6.16. The van der Waals surface area contributed by atoms with Crippen molar-refractivity contribution in [3.63, 3.8) is 0 Å². The van der Waals surface area contributed by atoms with E-state index in [9.17, 15) is 5.11 Å². The zero-order chi connectivity index (χ0) is 12.4. The number of benzene rings is 1. The van der Waals surface area contributed by atoms with Crippen molar-refractivity contribution in [3.8, 4) is 5.69 Å². The third kappa shape index (κ3) is 2.07. The number of allylic oxidation sites excluding steroid dienone is 1. The van der Waals surface area contributed by atoms with Crippen LogP contribution in [0.15, 0.2) is 42.6 Å². The maximum atomic E-state index is 9.71. The lowest BCUT2D eigenvalue weighted by Gasteiger charge is -2.17. The van der Waals surface area contributed by atoms with Crippen molar-refractivity contribution in [1.29, 1.82) is 0 Å². The molecule has 1 heterocycles. The van der Waals surface area contributed by atoms with E-state index < -0.39 is 0 Å². The number of rotatable bonds is 2. The fraction of sp³-hybridized carbons (Fsp3) is 0.286. The summed E-state index contributed by atoms with van der Waals surface area (Å²) >= 11 is 0. The van der Waals surface area contributed by atoms with Gasteiger partial charge in [-0.05, 0) is 37.0 Å². The molecule has 4 heteroatoms. The molecule has 18 heavy (non-hydrogen) atoms. The van der Waals surface area contributed by atoms with Crippen LogP contribution in [0.3, 0.4) is 0 Å². The molecular weight excluding hydrogens is 226 g/mol. The summed E-state index contributed by atoms with van der Waals surface area (Å²) in [5, 5.41) is 17.8. The molecule has 1 atom stereocenters. The third-order valence-electron chi connectivity index (χ3n) is 3.22. The summed E-state index contributed by atoms with van der Waals surface area (Å²) in [6.45, 7) is 0. The summed E-state index contributed by atoms with van der Waals surface area (Å²) in [5.41, 5.74) is 3.09. The normalized spacial score (nSPS) is 19.6. The van der Waals surface area contributed by atoms with Crippen molar-refractivity contribution in [3.05, 3.63) is 48.3 Å². The Morgan fingerprint density at radius 2 is 2.06 bits per heavy atom. The maximum absolute atomic E-state index is 9.71. The minimum absolute atomic E-state index is 0.340. The molecule has 1 aromatic carbocycles. The Balaban J connectivity index is 2.02. The van der Waals surface area contributed by atoms with Gasteiger partial charge in [-0.2, -0.15) is 0 Å². The first-order valence-electron chi connectivity index (χ1n) is 6.20. The second kappa shape index (κ2) is 4.74. The molecule has 0 amide bonds. The highest BCUT2D eigenvalue weighted by Gasteiger charge is 2.16. The second-order valence-corrected chi connectivity index (χ2v) is 4.52. The molecule has 0 spiro atoms. The first-order valence-corrected chi connectivity index (χ1v) is 6.20. The van der Waals surface area contributed by atoms with E-state index in [0.29, 0.717) is 0 Å². The summed E-state index contributed by atoms with van der Waals surface area (Å²) in [7, 11) is 0. The van der Waals surface area contributed by atoms with Gasteiger partial charge in [-0.1, -0.05) is 29.5 Å². The maximum Gasteiger partial charge on any atom is 0.0901 e. The predicted molar refractivity (Wildman–Crippen MR) is 69.2 cm³/mol. The number of aliphatic hydroxyl groups is 1. The van der Waals surface area contributed by atoms with E-state index in [0.717, 1.165) is 36.2 Å². The van der Waals surface area contributed by atoms with Crippen molar-refractivity contribution < 1.29 is 5.11 Å². The average Bonchev–Trinajstić information content (AvgIpc) is 2.89. The number of aliphatic hydroxyl groups excluding tert-OH is 1. The quantitative estimate of drug-likeness (QED) is 0.876. The van der Waals surface area contributed by atoms with Gasteiger partial charge in [0, 0.05) is 0 Å². The molecule has 1 aliphatic carbocycles. The molecule has 0 radical (unpaired) electrons. The Hall–Kier alpha value is -1.94. The Bertz CT molecular complexity index is 559. The molecule has 0 saturated heterocycles. The molecule has 2 aromatic rings. The van der Waals surface area contributed by atoms with Crippen LogP contribution in [-0.4, -0.2) is 26.2 Å². The van der Waals surface area contributed by atoms with Crippen LogP contribution in [0.4, 0.5) is 0 Å². The van der Waals surface area contributed by atoms with E-state index in [4.69, 9.17) is 0 Å². The molecule has 0 bridgehead atoms. The molecule has 1 N–H and O–H groups in total. The SMILES string of the molecule is OC1C=C(c2cnnn2-c2ccccc2)CCC1. The largest absolute Gasteiger partial charge is 0.389 e. The van der Waals surface area contributed by atoms with Crippen LogP contribution < -0.4 is 0 Å². The first-order chi connectivity index (χ1) is 8.84. The third-order valence-corrected chi connectivity index (χ3v) is 3.22. The van der Waals surface area contributed by atoms with Crippen LogP contribution in [0, 0.1) is 0 Å². The second-order valence-electron chi connectivity index (χ2n) is 4.52. The van der Waals surface area contributed by atoms with E-state index in [1.54, 1.807) is 6.20 Å². The lowest BCUT2D eigenvalue weighted by Crippen LogP contribution is -2.10. The molecule has 1 aliphatic rings. The number of nitrogens with zero attached hydrogens (tertiary/aromatic N) is 3. The summed E-state index contributed by atoms with van der Waals surface area (Å²) in [4.78, 5) is 0. The molecule has 0 aliphatic heterocycles. The lowest BCUT2D eigenvalue weighted by molar-refractivity contribution is 0.206. The van der Waals surface area contributed by atoms with Crippen molar-refractivity contribution in [2.24, 2.45) is 0 Å². The molecular formula is C14H15N3O. The van der Waals surface area contributed by atoms with Gasteiger partial charge < -0.3 is 5.11 Å². The highest BCUT2D eigenvalue weighted by molar-refractivity contribution is 5.65. The Kier molecular flexibility index (Phi) is 2.94. The smallest absolute Gasteiger partial charge is 0.0901 e. The Labute approximate surface area is 106 Å². The van der Waals surface area contributed by atoms with Gasteiger partial charge in [0.15, 0.2) is 0 Å². The first kappa shape index (κ1) is 11.2. The number of para-hydroxylation sites is 1. The molecule has 3 rings (SSSR count). The average molecular weight is 241 g/mol. The van der Waals surface area contributed by atoms with Gasteiger partial charge in [0.25, 0.3) is 0 Å². The Morgan fingerprint density at radius 3 is 2.83 bits per heavy atom. The van der Waals surface area contributed by atoms with Crippen LogP contribution in [0.25, 0.3) is 11.3 Å². The van der Waals surface area contributed by atoms with Crippen LogP contribution >= 0.6 is 0 Å². The van der Waals surface area contributed by atoms with Gasteiger partial charge in [-0.3, -0.25) is 0 Å². The summed E-state index contributed by atoms with van der Waals surface area (Å²) < 4.78 is 1.82. The lowest BCUT2D eigenvalue weighted by atomic mass is 9.95. The van der Waals surface area contributed by atoms with Gasteiger partial charge in [0.05, 0.1) is 23.7 Å². The number of hydrogen-bond donors (Lipinski definition) is 1. The number of hydrogen-bond acceptors (Lipinski definition) is 3. The van der Waals surface area contributed by atoms with Gasteiger partial charge >= 0.3 is 0 Å². The van der Waals surface area contributed by atoms with Gasteiger partial charge in [0.2, 0.25) is 0 Å². The van der Waals surface area contributed by atoms with Crippen molar-refractivity contribution >= 4 is 5.57 Å². The minimum atomic E-state index is -0.340. The zero-order valence-corrected chi connectivity index (χ0v) is 10.0. The van der Waals surface area contributed by atoms with Crippen molar-refractivity contribution in [1.82, 2.24) is 15.0 Å². The topological polar surface area (TPSA) is 50.9 Å². The van der Waals surface area contributed by atoms with Crippen LogP contribution in [0.1, 0.15) is 25.0 Å². The molecule has 1 unspecified atom stereocenters. The molecule has 1 aromatic heterocycles. The van der Waals surface area contributed by atoms with Crippen molar-refractivity contribution in [2.75, 3.05) is 0 Å². The highest BCUT2D eigenvalue weighted by Crippen LogP contribution is 2.27. The van der Waals surface area contributed by atoms with E-state index >= 15 is 0 Å². The summed E-state index contributed by atoms with van der Waals surface area (Å²) in [5.74, 6) is 0. The zero-order valence-electron chi connectivity index (χ0n) is 10.0. The van der Waals surface area contributed by atoms with Crippen LogP contribution in [0.2, 0.25) is 0 Å². The van der Waals surface area contributed by atoms with Crippen LogP contribution in [0.5, 0.6) is 0 Å². The molecule has 0 saturated carbocycles. The standard InChI is InChI=1S/C14H15N3O/c18-13-8-4-5-11(9-13)14-10-15-16-17(14)12-6-2-1-3-7-12/h1-3,6-7,9-10,13,18H,4-5,8H2. The van der Waals surface area contributed by atoms with Crippen molar-refractivity contribution in [2.45, 2.75) is 25.4 Å². The van der Waals surface area contributed by atoms with E-state index in [1.807, 2.05) is 41.1 Å². The predicted octanol–water partition coefficient (Wildman–Crippen LogP) is 2.20. The number of aromatic nitrogens is 3. The van der Waals surface area contributed by atoms with E-state index in [-0.39, 0.29) is 6.10 Å². The van der Waals surface area contributed by atoms with Gasteiger partial charge in [-0.25, -0.2) is 4.68 Å². The van der Waals surface area contributed by atoms with Crippen LogP contribution in [-0.2, 0) is 0 Å². The van der Waals surface area contributed by atoms with Gasteiger partial charge in [-0.15, -0.1) is 5.10 Å². The monoisotopic (exact) mass is 241 g/mol.